The lowest BCUT2D eigenvalue weighted by atomic mass is 9.93. The average molecular weight is 832 g/mol. The SMILES string of the molecule is C[C@@H]1C2c3c(C(F)(F)F)nn(CC(=O)NC(Cc4cc(F)cc(F)c4)c4nc5nc(-c6ccc7c(c6)C(=O)NC7)sc5cc4-c4ccc5c(c4)C(=O)NC5)c3C(F)(F)C21. The van der Waals surface area contributed by atoms with E-state index in [0.717, 1.165) is 23.3 Å². The summed E-state index contributed by atoms with van der Waals surface area (Å²) in [6.45, 7) is 1.09. The summed E-state index contributed by atoms with van der Waals surface area (Å²) in [4.78, 5) is 48.8. The van der Waals surface area contributed by atoms with Gasteiger partial charge in [-0.25, -0.2) is 18.7 Å². The fraction of sp³-hybridized carbons (Fsp3) is 0.268. The van der Waals surface area contributed by atoms with Crippen molar-refractivity contribution in [1.29, 1.82) is 0 Å². The number of alkyl halides is 5. The zero-order chi connectivity index (χ0) is 41.3. The summed E-state index contributed by atoms with van der Waals surface area (Å²) < 4.78 is 104. The van der Waals surface area contributed by atoms with Crippen LogP contribution in [0.25, 0.3) is 32.0 Å². The van der Waals surface area contributed by atoms with Gasteiger partial charge in [0.15, 0.2) is 11.3 Å². The molecule has 3 aromatic carbocycles. The van der Waals surface area contributed by atoms with Gasteiger partial charge in [0.05, 0.1) is 16.4 Å². The Morgan fingerprint density at radius 2 is 1.56 bits per heavy atom. The zero-order valence-electron chi connectivity index (χ0n) is 30.5. The number of aromatic nitrogens is 4. The number of hydrogen-bond acceptors (Lipinski definition) is 7. The van der Waals surface area contributed by atoms with E-state index in [1.165, 1.54) is 18.3 Å². The van der Waals surface area contributed by atoms with Gasteiger partial charge < -0.3 is 16.0 Å². The first-order valence-corrected chi connectivity index (χ1v) is 19.3. The lowest BCUT2D eigenvalue weighted by molar-refractivity contribution is -0.142. The Kier molecular flexibility index (Phi) is 8.13. The molecule has 3 unspecified atom stereocenters. The van der Waals surface area contributed by atoms with Gasteiger partial charge in [-0.15, -0.1) is 11.3 Å². The number of amides is 3. The molecule has 4 atom stereocenters. The van der Waals surface area contributed by atoms with Crippen LogP contribution in [0.1, 0.15) is 78.9 Å². The van der Waals surface area contributed by atoms with Crippen LogP contribution in [0.15, 0.2) is 60.7 Å². The van der Waals surface area contributed by atoms with Crippen LogP contribution >= 0.6 is 11.3 Å². The van der Waals surface area contributed by atoms with Gasteiger partial charge in [0, 0.05) is 58.8 Å². The molecule has 5 heterocycles. The molecule has 2 aliphatic carbocycles. The number of benzene rings is 3. The summed E-state index contributed by atoms with van der Waals surface area (Å²) in [6.07, 6.45) is -5.39. The van der Waals surface area contributed by atoms with Crippen LogP contribution in [0, 0.1) is 23.5 Å². The molecule has 0 bridgehead atoms. The Bertz CT molecular complexity index is 2820. The summed E-state index contributed by atoms with van der Waals surface area (Å²) in [5.74, 6) is -10.2. The van der Waals surface area contributed by atoms with Crippen LogP contribution in [-0.2, 0) is 42.9 Å². The smallest absolute Gasteiger partial charge is 0.348 e. The molecule has 10 rings (SSSR count). The molecule has 300 valence electrons. The Morgan fingerprint density at radius 3 is 2.22 bits per heavy atom. The number of rotatable bonds is 8. The molecule has 3 N–H and O–H groups in total. The summed E-state index contributed by atoms with van der Waals surface area (Å²) in [5.41, 5.74) is 1.16. The second kappa shape index (κ2) is 12.9. The van der Waals surface area contributed by atoms with Crippen molar-refractivity contribution in [2.24, 2.45) is 11.8 Å². The zero-order valence-corrected chi connectivity index (χ0v) is 31.3. The largest absolute Gasteiger partial charge is 0.435 e. The molecule has 59 heavy (non-hydrogen) atoms. The summed E-state index contributed by atoms with van der Waals surface area (Å²) in [6, 6.07) is 13.6. The molecule has 10 nitrogen and oxygen atoms in total. The van der Waals surface area contributed by atoms with E-state index in [2.05, 4.69) is 21.0 Å². The molecule has 0 spiro atoms. The number of fused-ring (bicyclic) bond motifs is 6. The second-order valence-electron chi connectivity index (χ2n) is 15.3. The standard InChI is InChI=1S/C41H28F7N7O3S/c1-16-30-31-34(41(46,47)48)54-55(35(31)40(44,45)32(16)30)15-29(56)51-27(8-17-6-22(42)11-23(43)7-17)33-24(18-2-4-20-13-49-37(57)25(20)9-18)12-28-36(52-33)53-39(59-28)19-3-5-21-14-50-38(58)26(21)10-19/h2-7,9-12,16,27,30,32H,8,13-15H2,1H3,(H,49,57)(H,50,58)(H,51,56)/t16-,27?,30?,32?/m1/s1. The predicted molar refractivity (Wildman–Crippen MR) is 198 cm³/mol. The highest BCUT2D eigenvalue weighted by Gasteiger charge is 2.72. The lowest BCUT2D eigenvalue weighted by Crippen LogP contribution is -2.35. The fourth-order valence-corrected chi connectivity index (χ4v) is 9.81. The quantitative estimate of drug-likeness (QED) is 0.136. The van der Waals surface area contributed by atoms with Crippen LogP contribution in [0.4, 0.5) is 30.7 Å². The van der Waals surface area contributed by atoms with Gasteiger partial charge >= 0.3 is 6.18 Å². The van der Waals surface area contributed by atoms with Crippen molar-refractivity contribution in [3.8, 4) is 21.7 Å². The first-order chi connectivity index (χ1) is 28.0. The van der Waals surface area contributed by atoms with Crippen molar-refractivity contribution >= 4 is 39.4 Å². The monoisotopic (exact) mass is 831 g/mol. The van der Waals surface area contributed by atoms with E-state index in [0.29, 0.717) is 61.4 Å². The molecule has 6 aromatic rings. The van der Waals surface area contributed by atoms with Crippen molar-refractivity contribution < 1.29 is 45.1 Å². The molecular weight excluding hydrogens is 804 g/mol. The van der Waals surface area contributed by atoms with Crippen LogP contribution < -0.4 is 16.0 Å². The number of nitrogens with one attached hydrogen (secondary N) is 3. The number of halogens is 7. The fourth-order valence-electron chi connectivity index (χ4n) is 8.87. The maximum absolute atomic E-state index is 15.7. The summed E-state index contributed by atoms with van der Waals surface area (Å²) in [5, 5.41) is 12.2. The minimum atomic E-state index is -5.07. The Hall–Kier alpha value is -6.17. The first-order valence-electron chi connectivity index (χ1n) is 18.5. The maximum Gasteiger partial charge on any atom is 0.435 e. The predicted octanol–water partition coefficient (Wildman–Crippen LogP) is 7.56. The minimum Gasteiger partial charge on any atom is -0.348 e. The van der Waals surface area contributed by atoms with E-state index in [4.69, 9.17) is 9.97 Å². The van der Waals surface area contributed by atoms with Crippen molar-refractivity contribution in [3.63, 3.8) is 0 Å². The molecule has 0 saturated heterocycles. The molecular formula is C41H28F7N7O3S. The first kappa shape index (κ1) is 37.1. The Labute approximate surface area is 332 Å². The molecule has 1 fully saturated rings. The third-order valence-corrected chi connectivity index (χ3v) is 12.6. The summed E-state index contributed by atoms with van der Waals surface area (Å²) in [7, 11) is 0. The molecule has 3 amide bonds. The third kappa shape index (κ3) is 6.05. The third-order valence-electron chi connectivity index (χ3n) is 11.6. The maximum atomic E-state index is 15.7. The number of hydrogen-bond donors (Lipinski definition) is 3. The van der Waals surface area contributed by atoms with Crippen molar-refractivity contribution in [3.05, 3.63) is 123 Å². The van der Waals surface area contributed by atoms with Gasteiger partial charge in [0.2, 0.25) is 5.91 Å². The van der Waals surface area contributed by atoms with Crippen LogP contribution in [0.5, 0.6) is 0 Å². The number of thiazole rings is 1. The highest BCUT2D eigenvalue weighted by Crippen LogP contribution is 2.71. The van der Waals surface area contributed by atoms with Crippen LogP contribution in [-0.4, -0.2) is 37.5 Å². The Balaban J connectivity index is 1.10. The van der Waals surface area contributed by atoms with Gasteiger partial charge in [-0.05, 0) is 64.9 Å². The van der Waals surface area contributed by atoms with E-state index in [9.17, 15) is 36.3 Å². The summed E-state index contributed by atoms with van der Waals surface area (Å²) >= 11 is 1.25. The number of pyridine rings is 1. The van der Waals surface area contributed by atoms with E-state index in [-0.39, 0.29) is 35.1 Å². The van der Waals surface area contributed by atoms with Gasteiger partial charge in [-0.3, -0.25) is 19.1 Å². The molecule has 0 radical (unpaired) electrons. The minimum absolute atomic E-state index is 0.0595. The van der Waals surface area contributed by atoms with E-state index < -0.39 is 76.9 Å². The Morgan fingerprint density at radius 1 is 0.915 bits per heavy atom. The van der Waals surface area contributed by atoms with Gasteiger partial charge in [0.25, 0.3) is 17.7 Å². The van der Waals surface area contributed by atoms with E-state index in [1.54, 1.807) is 30.3 Å². The van der Waals surface area contributed by atoms with Crippen LogP contribution in [0.2, 0.25) is 0 Å². The molecule has 18 heteroatoms. The normalized spacial score (nSPS) is 20.2. The number of carbonyl (C=O) groups is 3. The number of carbonyl (C=O) groups excluding carboxylic acids is 3. The second-order valence-corrected chi connectivity index (χ2v) is 16.3. The highest BCUT2D eigenvalue weighted by atomic mass is 32.1. The van der Waals surface area contributed by atoms with Gasteiger partial charge in [0.1, 0.15) is 28.9 Å². The van der Waals surface area contributed by atoms with Crippen LogP contribution in [0.3, 0.4) is 0 Å². The number of nitrogens with zero attached hydrogens (tertiary/aromatic N) is 4. The van der Waals surface area contributed by atoms with Crippen molar-refractivity contribution in [2.45, 2.75) is 57.0 Å². The van der Waals surface area contributed by atoms with Crippen molar-refractivity contribution in [2.75, 3.05) is 0 Å². The lowest BCUT2D eigenvalue weighted by Gasteiger charge is -2.23. The molecule has 4 aliphatic rings. The molecule has 3 aromatic heterocycles. The van der Waals surface area contributed by atoms with E-state index >= 15 is 8.78 Å². The topological polar surface area (TPSA) is 131 Å². The van der Waals surface area contributed by atoms with Gasteiger partial charge in [-0.2, -0.15) is 27.1 Å². The average Bonchev–Trinajstić information content (AvgIpc) is 3.70. The highest BCUT2D eigenvalue weighted by molar-refractivity contribution is 7.21. The molecule has 1 saturated carbocycles. The van der Waals surface area contributed by atoms with E-state index in [1.807, 2.05) is 12.1 Å². The van der Waals surface area contributed by atoms with Gasteiger partial charge in [-0.1, -0.05) is 31.2 Å². The molecule has 2 aliphatic heterocycles. The van der Waals surface area contributed by atoms with Crippen molar-refractivity contribution in [1.82, 2.24) is 35.7 Å².